The lowest BCUT2D eigenvalue weighted by molar-refractivity contribution is -0.116. The number of rotatable bonds is 9. The van der Waals surface area contributed by atoms with Crippen LogP contribution in [0.15, 0.2) is 23.1 Å². The van der Waals surface area contributed by atoms with Crippen LogP contribution in [0.25, 0.3) is 0 Å². The average Bonchev–Trinajstić information content (AvgIpc) is 3.06. The predicted octanol–water partition coefficient (Wildman–Crippen LogP) is 3.37. The second-order valence-electron chi connectivity index (χ2n) is 6.40. The molecule has 0 spiro atoms. The Morgan fingerprint density at radius 2 is 1.85 bits per heavy atom. The highest BCUT2D eigenvalue weighted by Crippen LogP contribution is 2.28. The molecule has 27 heavy (non-hydrogen) atoms. The summed E-state index contributed by atoms with van der Waals surface area (Å²) in [6, 6.07) is 4.95. The molecule has 0 bridgehead atoms. The highest BCUT2D eigenvalue weighted by atomic mass is 32.2. The molecule has 7 nitrogen and oxygen atoms in total. The van der Waals surface area contributed by atoms with Crippen LogP contribution >= 0.6 is 11.3 Å². The summed E-state index contributed by atoms with van der Waals surface area (Å²) in [5, 5.41) is 12.2. The molecule has 1 aromatic carbocycles. The van der Waals surface area contributed by atoms with Crippen LogP contribution in [-0.4, -0.2) is 31.1 Å². The molecule has 2 rings (SSSR count). The van der Waals surface area contributed by atoms with Crippen molar-refractivity contribution in [2.45, 2.75) is 57.8 Å². The maximum Gasteiger partial charge on any atom is 0.240 e. The van der Waals surface area contributed by atoms with Crippen LogP contribution in [0.1, 0.15) is 55.2 Å². The lowest BCUT2D eigenvalue weighted by Gasteiger charge is -2.08. The number of nitrogens with zero attached hydrogens (tertiary/aromatic N) is 2. The first-order valence-corrected chi connectivity index (χ1v) is 11.3. The van der Waals surface area contributed by atoms with E-state index in [2.05, 4.69) is 34.1 Å². The fraction of sp³-hybridized carbons (Fsp3) is 0.500. The molecule has 1 aromatic heterocycles. The van der Waals surface area contributed by atoms with Gasteiger partial charge in [-0.05, 0) is 49.9 Å². The van der Waals surface area contributed by atoms with E-state index in [1.54, 1.807) is 18.2 Å². The molecule has 0 saturated heterocycles. The van der Waals surface area contributed by atoms with Crippen molar-refractivity contribution in [3.05, 3.63) is 34.3 Å². The van der Waals surface area contributed by atoms with Crippen LogP contribution < -0.4 is 10.0 Å². The number of nitrogens with one attached hydrogen (secondary N) is 2. The maximum absolute atomic E-state index is 12.3. The number of hydrogen-bond donors (Lipinski definition) is 2. The van der Waals surface area contributed by atoms with Crippen molar-refractivity contribution in [2.24, 2.45) is 0 Å². The van der Waals surface area contributed by atoms with E-state index in [4.69, 9.17) is 0 Å². The van der Waals surface area contributed by atoms with Gasteiger partial charge in [0.2, 0.25) is 21.1 Å². The van der Waals surface area contributed by atoms with Gasteiger partial charge in [-0.2, -0.15) is 0 Å². The molecular weight excluding hydrogens is 384 g/mol. The minimum atomic E-state index is -3.64. The summed E-state index contributed by atoms with van der Waals surface area (Å²) < 4.78 is 27.1. The fourth-order valence-electron chi connectivity index (χ4n) is 2.53. The summed E-state index contributed by atoms with van der Waals surface area (Å²) in [6.45, 7) is 7.98. The van der Waals surface area contributed by atoms with Gasteiger partial charge in [-0.1, -0.05) is 31.3 Å². The van der Waals surface area contributed by atoms with Gasteiger partial charge in [-0.3, -0.25) is 4.79 Å². The zero-order chi connectivity index (χ0) is 20.0. The Morgan fingerprint density at radius 3 is 2.48 bits per heavy atom. The maximum atomic E-state index is 12.3. The molecule has 0 aliphatic heterocycles. The zero-order valence-corrected chi connectivity index (χ0v) is 17.7. The molecule has 1 amide bonds. The van der Waals surface area contributed by atoms with Gasteiger partial charge in [-0.25, -0.2) is 13.1 Å². The van der Waals surface area contributed by atoms with Crippen molar-refractivity contribution >= 4 is 32.4 Å². The Balaban J connectivity index is 1.87. The van der Waals surface area contributed by atoms with Crippen LogP contribution in [0.4, 0.5) is 5.13 Å². The third kappa shape index (κ3) is 5.82. The SMILES string of the molecule is CCC(CC)c1nnc(NC(=O)CCNS(=O)(=O)c2ccc(C)c(C)c2)s1. The van der Waals surface area contributed by atoms with E-state index in [1.807, 2.05) is 13.8 Å². The van der Waals surface area contributed by atoms with Crippen LogP contribution in [0.5, 0.6) is 0 Å². The van der Waals surface area contributed by atoms with E-state index in [0.717, 1.165) is 29.0 Å². The summed E-state index contributed by atoms with van der Waals surface area (Å²) in [5.74, 6) is 0.0444. The van der Waals surface area contributed by atoms with Gasteiger partial charge in [0.1, 0.15) is 5.01 Å². The van der Waals surface area contributed by atoms with Crippen LogP contribution in [0.2, 0.25) is 0 Å². The van der Waals surface area contributed by atoms with Crippen molar-refractivity contribution in [3.8, 4) is 0 Å². The average molecular weight is 411 g/mol. The van der Waals surface area contributed by atoms with E-state index in [1.165, 1.54) is 11.3 Å². The summed E-state index contributed by atoms with van der Waals surface area (Å²) in [4.78, 5) is 12.2. The van der Waals surface area contributed by atoms with Crippen molar-refractivity contribution in [3.63, 3.8) is 0 Å². The molecule has 2 aromatic rings. The number of benzene rings is 1. The molecule has 0 unspecified atom stereocenters. The number of carbonyl (C=O) groups excluding carboxylic acids is 1. The second-order valence-corrected chi connectivity index (χ2v) is 9.18. The van der Waals surface area contributed by atoms with Crippen molar-refractivity contribution in [1.29, 1.82) is 0 Å². The molecule has 0 radical (unpaired) electrons. The number of anilines is 1. The molecule has 148 valence electrons. The number of carbonyl (C=O) groups is 1. The topological polar surface area (TPSA) is 101 Å². The van der Waals surface area contributed by atoms with Gasteiger partial charge in [0, 0.05) is 18.9 Å². The lowest BCUT2D eigenvalue weighted by atomic mass is 10.1. The zero-order valence-electron chi connectivity index (χ0n) is 16.1. The highest BCUT2D eigenvalue weighted by Gasteiger charge is 2.17. The minimum absolute atomic E-state index is 0.0132. The Bertz CT molecular complexity index is 890. The molecule has 0 saturated carbocycles. The molecule has 1 heterocycles. The quantitative estimate of drug-likeness (QED) is 0.660. The van der Waals surface area contributed by atoms with Crippen molar-refractivity contribution in [1.82, 2.24) is 14.9 Å². The first-order valence-electron chi connectivity index (χ1n) is 8.97. The van der Waals surface area contributed by atoms with Gasteiger partial charge in [0.05, 0.1) is 4.90 Å². The second kappa shape index (κ2) is 9.38. The van der Waals surface area contributed by atoms with Crippen molar-refractivity contribution < 1.29 is 13.2 Å². The number of aryl methyl sites for hydroxylation is 2. The Hall–Kier alpha value is -1.84. The molecule has 0 aliphatic carbocycles. The van der Waals surface area contributed by atoms with Gasteiger partial charge in [-0.15, -0.1) is 10.2 Å². The summed E-state index contributed by atoms with van der Waals surface area (Å²) >= 11 is 1.36. The smallest absolute Gasteiger partial charge is 0.240 e. The predicted molar refractivity (Wildman–Crippen MR) is 108 cm³/mol. The third-order valence-corrected chi connectivity index (χ3v) is 6.91. The monoisotopic (exact) mass is 410 g/mol. The van der Waals surface area contributed by atoms with Gasteiger partial charge in [0.15, 0.2) is 0 Å². The number of amides is 1. The molecule has 0 aliphatic rings. The number of sulfonamides is 1. The summed E-state index contributed by atoms with van der Waals surface area (Å²) in [6.07, 6.45) is 1.96. The third-order valence-electron chi connectivity index (χ3n) is 4.45. The van der Waals surface area contributed by atoms with E-state index in [0.29, 0.717) is 11.0 Å². The molecule has 2 N–H and O–H groups in total. The Labute approximate surface area is 164 Å². The van der Waals surface area contributed by atoms with E-state index >= 15 is 0 Å². The summed E-state index contributed by atoms with van der Waals surface area (Å²) in [5.41, 5.74) is 1.93. The van der Waals surface area contributed by atoms with Gasteiger partial charge in [0.25, 0.3) is 0 Å². The van der Waals surface area contributed by atoms with E-state index in [-0.39, 0.29) is 23.8 Å². The van der Waals surface area contributed by atoms with Gasteiger partial charge >= 0.3 is 0 Å². The largest absolute Gasteiger partial charge is 0.300 e. The Kier molecular flexibility index (Phi) is 7.46. The normalized spacial score (nSPS) is 11.7. The van der Waals surface area contributed by atoms with Crippen molar-refractivity contribution in [2.75, 3.05) is 11.9 Å². The summed E-state index contributed by atoms with van der Waals surface area (Å²) in [7, 11) is -3.64. The van der Waals surface area contributed by atoms with Gasteiger partial charge < -0.3 is 5.32 Å². The molecular formula is C18H26N4O3S2. The first kappa shape index (κ1) is 21.5. The fourth-order valence-corrected chi connectivity index (χ4v) is 4.68. The molecule has 0 atom stereocenters. The lowest BCUT2D eigenvalue weighted by Crippen LogP contribution is -2.28. The van der Waals surface area contributed by atoms with Crippen LogP contribution in [0.3, 0.4) is 0 Å². The van der Waals surface area contributed by atoms with E-state index < -0.39 is 10.0 Å². The minimum Gasteiger partial charge on any atom is -0.300 e. The van der Waals surface area contributed by atoms with Crippen LogP contribution in [-0.2, 0) is 14.8 Å². The highest BCUT2D eigenvalue weighted by molar-refractivity contribution is 7.89. The number of hydrogen-bond acceptors (Lipinski definition) is 6. The molecule has 0 fully saturated rings. The Morgan fingerprint density at radius 1 is 1.15 bits per heavy atom. The standard InChI is InChI=1S/C18H26N4O3S2/c1-5-14(6-2)17-21-22-18(26-17)20-16(23)9-10-19-27(24,25)15-8-7-12(3)13(4)11-15/h7-8,11,14,19H,5-6,9-10H2,1-4H3,(H,20,22,23). The first-order chi connectivity index (χ1) is 12.8. The van der Waals surface area contributed by atoms with E-state index in [9.17, 15) is 13.2 Å². The van der Waals surface area contributed by atoms with Crippen LogP contribution in [0, 0.1) is 13.8 Å². The molecule has 9 heteroatoms. The number of aromatic nitrogens is 2.